The zero-order chi connectivity index (χ0) is 11.7. The number of aromatic hydroxyl groups is 1. The Bertz CT molecular complexity index is 425. The van der Waals surface area contributed by atoms with Crippen molar-refractivity contribution in [3.63, 3.8) is 0 Å². The maximum absolute atomic E-state index is 11.1. The molecule has 0 saturated carbocycles. The van der Waals surface area contributed by atoms with Crippen molar-refractivity contribution in [2.75, 3.05) is 12.4 Å². The molecule has 0 bridgehead atoms. The zero-order valence-corrected chi connectivity index (χ0v) is 9.30. The first-order valence-electron chi connectivity index (χ1n) is 4.65. The molecule has 82 valence electrons. The molecule has 0 radical (unpaired) electrons. The molecule has 0 unspecified atom stereocenters. The van der Waals surface area contributed by atoms with E-state index in [1.807, 2.05) is 0 Å². The molecule has 1 rings (SSSR count). The second-order valence-corrected chi connectivity index (χ2v) is 3.53. The number of carbonyl (C=O) groups is 1. The first kappa shape index (κ1) is 11.4. The van der Waals surface area contributed by atoms with Crippen molar-refractivity contribution in [1.29, 1.82) is 0 Å². The average Bonchev–Trinajstić information content (AvgIpc) is 2.19. The summed E-state index contributed by atoms with van der Waals surface area (Å²) >= 11 is 0. The summed E-state index contributed by atoms with van der Waals surface area (Å²) < 4.78 is 0. The number of anilines is 1. The fourth-order valence-electron chi connectivity index (χ4n) is 1.72. The van der Waals surface area contributed by atoms with Gasteiger partial charge in [0.15, 0.2) is 0 Å². The minimum atomic E-state index is -1.03. The van der Waals surface area contributed by atoms with Crippen LogP contribution in [0.25, 0.3) is 0 Å². The number of carboxylic acid groups (broad SMARTS) is 1. The lowest BCUT2D eigenvalue weighted by atomic mass is 9.96. The van der Waals surface area contributed by atoms with E-state index in [1.165, 1.54) is 0 Å². The third-order valence-electron chi connectivity index (χ3n) is 2.74. The van der Waals surface area contributed by atoms with Gasteiger partial charge in [0.1, 0.15) is 5.75 Å². The number of hydrogen-bond acceptors (Lipinski definition) is 3. The summed E-state index contributed by atoms with van der Waals surface area (Å²) in [5, 5.41) is 21.7. The van der Waals surface area contributed by atoms with Gasteiger partial charge in [0.25, 0.3) is 0 Å². The Morgan fingerprint density at radius 1 is 1.13 bits per heavy atom. The van der Waals surface area contributed by atoms with Gasteiger partial charge in [-0.05, 0) is 31.9 Å². The molecule has 15 heavy (non-hydrogen) atoms. The second kappa shape index (κ2) is 3.81. The van der Waals surface area contributed by atoms with Crippen LogP contribution in [0.3, 0.4) is 0 Å². The Morgan fingerprint density at radius 2 is 1.67 bits per heavy atom. The van der Waals surface area contributed by atoms with Crippen LogP contribution in [-0.2, 0) is 0 Å². The van der Waals surface area contributed by atoms with Crippen LogP contribution in [-0.4, -0.2) is 23.2 Å². The van der Waals surface area contributed by atoms with E-state index in [4.69, 9.17) is 5.11 Å². The Morgan fingerprint density at radius 3 is 2.07 bits per heavy atom. The van der Waals surface area contributed by atoms with Gasteiger partial charge < -0.3 is 15.5 Å². The summed E-state index contributed by atoms with van der Waals surface area (Å²) in [6.45, 7) is 5.16. The Labute approximate surface area is 88.6 Å². The standard InChI is InChI=1S/C11H15NO3/c1-5-6(2)10(13)7(3)8(11(14)15)9(5)12-4/h12-13H,1-4H3,(H,14,15). The van der Waals surface area contributed by atoms with Crippen LogP contribution < -0.4 is 5.32 Å². The second-order valence-electron chi connectivity index (χ2n) is 3.53. The van der Waals surface area contributed by atoms with Crippen molar-refractivity contribution in [1.82, 2.24) is 0 Å². The Hall–Kier alpha value is -1.71. The maximum Gasteiger partial charge on any atom is 0.338 e. The number of phenols is 1. The molecule has 1 aromatic carbocycles. The van der Waals surface area contributed by atoms with E-state index in [0.29, 0.717) is 16.8 Å². The molecular formula is C11H15NO3. The number of carboxylic acids is 1. The molecule has 0 fully saturated rings. The third kappa shape index (κ3) is 1.63. The van der Waals surface area contributed by atoms with E-state index in [1.54, 1.807) is 27.8 Å². The highest BCUT2D eigenvalue weighted by molar-refractivity contribution is 5.98. The van der Waals surface area contributed by atoms with E-state index in [9.17, 15) is 9.90 Å². The quantitative estimate of drug-likeness (QED) is 0.652. The smallest absolute Gasteiger partial charge is 0.338 e. The Kier molecular flexibility index (Phi) is 2.88. The van der Waals surface area contributed by atoms with Crippen LogP contribution in [0.1, 0.15) is 27.0 Å². The van der Waals surface area contributed by atoms with Crippen molar-refractivity contribution < 1.29 is 15.0 Å². The number of rotatable bonds is 2. The lowest BCUT2D eigenvalue weighted by Gasteiger charge is -2.16. The molecule has 0 spiro atoms. The van der Waals surface area contributed by atoms with Gasteiger partial charge in [-0.2, -0.15) is 0 Å². The minimum Gasteiger partial charge on any atom is -0.507 e. The van der Waals surface area contributed by atoms with E-state index >= 15 is 0 Å². The number of aromatic carboxylic acids is 1. The van der Waals surface area contributed by atoms with Gasteiger partial charge >= 0.3 is 5.97 Å². The lowest BCUT2D eigenvalue weighted by molar-refractivity contribution is 0.0696. The lowest BCUT2D eigenvalue weighted by Crippen LogP contribution is -2.08. The van der Waals surface area contributed by atoms with Crippen molar-refractivity contribution in [2.24, 2.45) is 0 Å². The third-order valence-corrected chi connectivity index (χ3v) is 2.74. The normalized spacial score (nSPS) is 10.1. The van der Waals surface area contributed by atoms with Crippen molar-refractivity contribution >= 4 is 11.7 Å². The van der Waals surface area contributed by atoms with Crippen LogP contribution in [0.4, 0.5) is 5.69 Å². The van der Waals surface area contributed by atoms with Gasteiger partial charge in [0.05, 0.1) is 11.3 Å². The highest BCUT2D eigenvalue weighted by Gasteiger charge is 2.20. The largest absolute Gasteiger partial charge is 0.507 e. The van der Waals surface area contributed by atoms with Crippen molar-refractivity contribution in [3.05, 3.63) is 22.3 Å². The van der Waals surface area contributed by atoms with Gasteiger partial charge in [0, 0.05) is 12.6 Å². The van der Waals surface area contributed by atoms with Gasteiger partial charge in [-0.25, -0.2) is 4.79 Å². The zero-order valence-electron chi connectivity index (χ0n) is 9.30. The van der Waals surface area contributed by atoms with Gasteiger partial charge in [-0.3, -0.25) is 0 Å². The summed E-state index contributed by atoms with van der Waals surface area (Å²) in [6.07, 6.45) is 0. The fourth-order valence-corrected chi connectivity index (χ4v) is 1.72. The molecule has 0 atom stereocenters. The number of nitrogens with one attached hydrogen (secondary N) is 1. The van der Waals surface area contributed by atoms with E-state index in [0.717, 1.165) is 5.56 Å². The summed E-state index contributed by atoms with van der Waals surface area (Å²) in [7, 11) is 1.67. The predicted octanol–water partition coefficient (Wildman–Crippen LogP) is 2.06. The van der Waals surface area contributed by atoms with Crippen LogP contribution in [0, 0.1) is 20.8 Å². The molecule has 0 aliphatic carbocycles. The molecule has 3 N–H and O–H groups in total. The first-order valence-corrected chi connectivity index (χ1v) is 4.65. The van der Waals surface area contributed by atoms with Crippen molar-refractivity contribution in [3.8, 4) is 5.75 Å². The average molecular weight is 209 g/mol. The molecule has 0 amide bonds. The van der Waals surface area contributed by atoms with E-state index < -0.39 is 5.97 Å². The minimum absolute atomic E-state index is 0.0592. The summed E-state index contributed by atoms with van der Waals surface area (Å²) in [4.78, 5) is 11.1. The van der Waals surface area contributed by atoms with Crippen molar-refractivity contribution in [2.45, 2.75) is 20.8 Å². The van der Waals surface area contributed by atoms with Crippen LogP contribution in [0.2, 0.25) is 0 Å². The van der Waals surface area contributed by atoms with Gasteiger partial charge in [-0.1, -0.05) is 0 Å². The molecule has 0 saturated heterocycles. The topological polar surface area (TPSA) is 69.6 Å². The molecule has 0 aliphatic heterocycles. The summed E-state index contributed by atoms with van der Waals surface area (Å²) in [5.74, 6) is -0.973. The van der Waals surface area contributed by atoms with Crippen LogP contribution in [0.15, 0.2) is 0 Å². The molecule has 4 nitrogen and oxygen atoms in total. The first-order chi connectivity index (χ1) is 6.91. The summed E-state index contributed by atoms with van der Waals surface area (Å²) in [5.41, 5.74) is 2.57. The maximum atomic E-state index is 11.1. The van der Waals surface area contributed by atoms with Gasteiger partial charge in [-0.15, -0.1) is 0 Å². The number of phenolic OH excluding ortho intramolecular Hbond substituents is 1. The van der Waals surface area contributed by atoms with E-state index in [2.05, 4.69) is 5.32 Å². The molecule has 1 aromatic rings. The molecule has 0 aliphatic rings. The Balaban J connectivity index is 3.70. The van der Waals surface area contributed by atoms with E-state index in [-0.39, 0.29) is 11.3 Å². The summed E-state index contributed by atoms with van der Waals surface area (Å²) in [6, 6.07) is 0. The highest BCUT2D eigenvalue weighted by Crippen LogP contribution is 2.34. The monoisotopic (exact) mass is 209 g/mol. The molecule has 0 heterocycles. The molecule has 0 aromatic heterocycles. The molecular weight excluding hydrogens is 194 g/mol. The number of hydrogen-bond donors (Lipinski definition) is 3. The molecule has 4 heteroatoms. The number of benzene rings is 1. The van der Waals surface area contributed by atoms with Gasteiger partial charge in [0.2, 0.25) is 0 Å². The predicted molar refractivity (Wildman–Crippen MR) is 58.8 cm³/mol. The highest BCUT2D eigenvalue weighted by atomic mass is 16.4. The van der Waals surface area contributed by atoms with Crippen LogP contribution >= 0.6 is 0 Å². The van der Waals surface area contributed by atoms with Crippen LogP contribution in [0.5, 0.6) is 5.75 Å². The SMILES string of the molecule is CNc1c(C)c(C)c(O)c(C)c1C(=O)O. The fraction of sp³-hybridized carbons (Fsp3) is 0.364.